The number of methoxy groups -OCH3 is 1. The Balaban J connectivity index is 1.91. The number of hydrogen-bond donors (Lipinski definition) is 0. The summed E-state index contributed by atoms with van der Waals surface area (Å²) >= 11 is 2.20. The number of rotatable bonds is 5. The Kier molecular flexibility index (Phi) is 5.37. The highest BCUT2D eigenvalue weighted by Crippen LogP contribution is 2.29. The molecule has 1 heterocycles. The Labute approximate surface area is 159 Å². The maximum Gasteiger partial charge on any atom is 0.363 e. The van der Waals surface area contributed by atoms with Gasteiger partial charge in [0.25, 0.3) is 0 Å². The number of cyclic esters (lactones) is 1. The third-order valence-electron chi connectivity index (χ3n) is 3.48. The van der Waals surface area contributed by atoms with E-state index in [1.807, 2.05) is 37.3 Å². The quantitative estimate of drug-likeness (QED) is 0.393. The fourth-order valence-electron chi connectivity index (χ4n) is 2.36. The molecule has 3 rings (SSSR count). The van der Waals surface area contributed by atoms with Crippen molar-refractivity contribution >= 4 is 40.5 Å². The number of halogens is 1. The lowest BCUT2D eigenvalue weighted by molar-refractivity contribution is -0.129. The number of hydrogen-bond acceptors (Lipinski definition) is 5. The first-order chi connectivity index (χ1) is 12.1. The number of carbonyl (C=O) groups excluding carboxylic acids is 1. The largest absolute Gasteiger partial charge is 0.493 e. The summed E-state index contributed by atoms with van der Waals surface area (Å²) in [5.74, 6) is 1.10. The summed E-state index contributed by atoms with van der Waals surface area (Å²) in [7, 11) is 1.58. The van der Waals surface area contributed by atoms with Gasteiger partial charge < -0.3 is 14.2 Å². The average molecular weight is 449 g/mol. The molecule has 0 unspecified atom stereocenters. The van der Waals surface area contributed by atoms with Crippen LogP contribution in [-0.2, 0) is 9.53 Å². The molecule has 0 aromatic heterocycles. The first kappa shape index (κ1) is 17.5. The van der Waals surface area contributed by atoms with Crippen LogP contribution in [0.4, 0.5) is 0 Å². The van der Waals surface area contributed by atoms with E-state index in [9.17, 15) is 4.79 Å². The summed E-state index contributed by atoms with van der Waals surface area (Å²) < 4.78 is 17.2. The van der Waals surface area contributed by atoms with Crippen LogP contribution in [0.5, 0.6) is 11.5 Å². The number of nitrogens with zero attached hydrogens (tertiary/aromatic N) is 1. The van der Waals surface area contributed by atoms with Gasteiger partial charge in [-0.3, -0.25) is 0 Å². The van der Waals surface area contributed by atoms with Crippen molar-refractivity contribution in [1.82, 2.24) is 0 Å². The molecule has 0 N–H and O–H groups in total. The highest BCUT2D eigenvalue weighted by Gasteiger charge is 2.24. The highest BCUT2D eigenvalue weighted by atomic mass is 127. The molecule has 0 bridgehead atoms. The highest BCUT2D eigenvalue weighted by molar-refractivity contribution is 14.1. The molecule has 128 valence electrons. The minimum Gasteiger partial charge on any atom is -0.493 e. The summed E-state index contributed by atoms with van der Waals surface area (Å²) in [5.41, 5.74) is 1.80. The maximum absolute atomic E-state index is 12.1. The fourth-order valence-corrected chi connectivity index (χ4v) is 2.90. The predicted molar refractivity (Wildman–Crippen MR) is 104 cm³/mol. The Morgan fingerprint density at radius 3 is 2.76 bits per heavy atom. The van der Waals surface area contributed by atoms with Crippen molar-refractivity contribution in [2.75, 3.05) is 13.7 Å². The van der Waals surface area contributed by atoms with E-state index in [2.05, 4.69) is 27.6 Å². The lowest BCUT2D eigenvalue weighted by atomic mass is 10.1. The number of ether oxygens (including phenoxy) is 3. The molecule has 25 heavy (non-hydrogen) atoms. The van der Waals surface area contributed by atoms with Crippen LogP contribution in [0.25, 0.3) is 6.08 Å². The molecule has 0 saturated carbocycles. The topological polar surface area (TPSA) is 57.1 Å². The molecule has 1 aliphatic rings. The molecule has 5 nitrogen and oxygen atoms in total. The molecule has 2 aromatic carbocycles. The van der Waals surface area contributed by atoms with Crippen LogP contribution >= 0.6 is 22.6 Å². The van der Waals surface area contributed by atoms with Gasteiger partial charge in [-0.2, -0.15) is 0 Å². The van der Waals surface area contributed by atoms with Gasteiger partial charge in [0.05, 0.1) is 13.7 Å². The number of benzene rings is 2. The summed E-state index contributed by atoms with van der Waals surface area (Å²) in [6, 6.07) is 13.1. The number of esters is 1. The van der Waals surface area contributed by atoms with Crippen LogP contribution in [-0.4, -0.2) is 25.6 Å². The van der Waals surface area contributed by atoms with E-state index in [1.165, 1.54) is 0 Å². The van der Waals surface area contributed by atoms with Gasteiger partial charge in [0, 0.05) is 9.13 Å². The molecule has 6 heteroatoms. The molecule has 0 radical (unpaired) electrons. The lowest BCUT2D eigenvalue weighted by Gasteiger charge is -2.09. The second-order valence-corrected chi connectivity index (χ2v) is 6.44. The smallest absolute Gasteiger partial charge is 0.363 e. The van der Waals surface area contributed by atoms with Crippen molar-refractivity contribution < 1.29 is 19.0 Å². The number of aliphatic imine (C=N–C) groups is 1. The van der Waals surface area contributed by atoms with Crippen LogP contribution < -0.4 is 9.47 Å². The summed E-state index contributed by atoms with van der Waals surface area (Å²) in [5, 5.41) is 0. The minimum atomic E-state index is -0.471. The van der Waals surface area contributed by atoms with Crippen molar-refractivity contribution in [2.24, 2.45) is 4.99 Å². The Morgan fingerprint density at radius 2 is 2.04 bits per heavy atom. The van der Waals surface area contributed by atoms with E-state index >= 15 is 0 Å². The van der Waals surface area contributed by atoms with Crippen LogP contribution in [0.15, 0.2) is 53.2 Å². The van der Waals surface area contributed by atoms with Gasteiger partial charge in [-0.05, 0) is 71.5 Å². The third-order valence-corrected chi connectivity index (χ3v) is 4.15. The van der Waals surface area contributed by atoms with Crippen LogP contribution in [0.3, 0.4) is 0 Å². The van der Waals surface area contributed by atoms with Crippen molar-refractivity contribution in [2.45, 2.75) is 6.92 Å². The molecule has 0 amide bonds. The van der Waals surface area contributed by atoms with E-state index in [0.29, 0.717) is 24.0 Å². The van der Waals surface area contributed by atoms with Crippen molar-refractivity contribution in [3.8, 4) is 11.5 Å². The Hall–Kier alpha value is -2.35. The Morgan fingerprint density at radius 1 is 1.20 bits per heavy atom. The molecular weight excluding hydrogens is 433 g/mol. The van der Waals surface area contributed by atoms with Gasteiger partial charge in [-0.15, -0.1) is 0 Å². The average Bonchev–Trinajstić information content (AvgIpc) is 2.97. The van der Waals surface area contributed by atoms with Gasteiger partial charge in [0.1, 0.15) is 0 Å². The fraction of sp³-hybridized carbons (Fsp3) is 0.158. The van der Waals surface area contributed by atoms with Crippen LogP contribution in [0, 0.1) is 3.57 Å². The molecule has 1 aliphatic heterocycles. The minimum absolute atomic E-state index is 0.250. The SMILES string of the molecule is CCOc1ccc(/C=C2/N=C(c3cccc(I)c3)OC2=O)cc1OC. The lowest BCUT2D eigenvalue weighted by Crippen LogP contribution is -2.05. The second kappa shape index (κ2) is 7.69. The zero-order valence-corrected chi connectivity index (χ0v) is 15.9. The van der Waals surface area contributed by atoms with Gasteiger partial charge in [-0.1, -0.05) is 12.1 Å². The molecule has 0 atom stereocenters. The van der Waals surface area contributed by atoms with Crippen molar-refractivity contribution in [3.63, 3.8) is 0 Å². The van der Waals surface area contributed by atoms with E-state index in [4.69, 9.17) is 14.2 Å². The predicted octanol–water partition coefficient (Wildman–Crippen LogP) is 4.04. The first-order valence-electron chi connectivity index (χ1n) is 7.70. The molecule has 2 aromatic rings. The summed E-state index contributed by atoms with van der Waals surface area (Å²) in [6.07, 6.45) is 1.67. The van der Waals surface area contributed by atoms with Crippen LogP contribution in [0.2, 0.25) is 0 Å². The third kappa shape index (κ3) is 4.01. The van der Waals surface area contributed by atoms with Crippen molar-refractivity contribution in [3.05, 3.63) is 62.9 Å². The van der Waals surface area contributed by atoms with Gasteiger partial charge >= 0.3 is 5.97 Å². The molecule has 0 saturated heterocycles. The van der Waals surface area contributed by atoms with E-state index in [-0.39, 0.29) is 5.70 Å². The van der Waals surface area contributed by atoms with Gasteiger partial charge in [-0.25, -0.2) is 9.79 Å². The standard InChI is InChI=1S/C19H16INO4/c1-3-24-16-8-7-12(10-17(16)23-2)9-15-19(22)25-18(21-15)13-5-4-6-14(20)11-13/h4-11H,3H2,1-2H3/b15-9+. The summed E-state index contributed by atoms with van der Waals surface area (Å²) in [6.45, 7) is 2.46. The van der Waals surface area contributed by atoms with E-state index in [1.54, 1.807) is 25.3 Å². The summed E-state index contributed by atoms with van der Waals surface area (Å²) in [4.78, 5) is 16.4. The molecule has 0 spiro atoms. The monoisotopic (exact) mass is 449 g/mol. The van der Waals surface area contributed by atoms with E-state index < -0.39 is 5.97 Å². The Bertz CT molecular complexity index is 873. The van der Waals surface area contributed by atoms with Gasteiger partial charge in [0.15, 0.2) is 17.2 Å². The first-order valence-corrected chi connectivity index (χ1v) is 8.78. The molecule has 0 fully saturated rings. The zero-order valence-electron chi connectivity index (χ0n) is 13.8. The number of carbonyl (C=O) groups is 1. The molecular formula is C19H16INO4. The van der Waals surface area contributed by atoms with Crippen molar-refractivity contribution in [1.29, 1.82) is 0 Å². The second-order valence-electron chi connectivity index (χ2n) is 5.19. The van der Waals surface area contributed by atoms with Crippen LogP contribution in [0.1, 0.15) is 18.1 Å². The van der Waals surface area contributed by atoms with E-state index in [0.717, 1.165) is 14.7 Å². The normalized spacial score (nSPS) is 15.1. The zero-order chi connectivity index (χ0) is 17.8. The van der Waals surface area contributed by atoms with Gasteiger partial charge in [0.2, 0.25) is 5.90 Å². The maximum atomic E-state index is 12.1. The molecule has 0 aliphatic carbocycles.